The number of hydrogen-bond donors (Lipinski definition) is 1. The van der Waals surface area contributed by atoms with Gasteiger partial charge < -0.3 is 10.5 Å². The lowest BCUT2D eigenvalue weighted by molar-refractivity contribution is 0.419. The van der Waals surface area contributed by atoms with Crippen LogP contribution in [0.15, 0.2) is 41.2 Å². The molecule has 0 saturated heterocycles. The van der Waals surface area contributed by atoms with Gasteiger partial charge in [0.05, 0.1) is 18.2 Å². The first-order valence-electron chi connectivity index (χ1n) is 8.81. The van der Waals surface area contributed by atoms with Gasteiger partial charge in [-0.3, -0.25) is 9.36 Å². The van der Waals surface area contributed by atoms with Gasteiger partial charge in [-0.2, -0.15) is 0 Å². The van der Waals surface area contributed by atoms with E-state index >= 15 is 0 Å². The van der Waals surface area contributed by atoms with Crippen LogP contribution in [-0.4, -0.2) is 11.7 Å². The van der Waals surface area contributed by atoms with Crippen molar-refractivity contribution in [3.63, 3.8) is 0 Å². The minimum absolute atomic E-state index is 0.220. The van der Waals surface area contributed by atoms with Crippen LogP contribution in [0.5, 0.6) is 5.75 Å². The van der Waals surface area contributed by atoms with Crippen LogP contribution in [0.1, 0.15) is 36.2 Å². The zero-order valence-electron chi connectivity index (χ0n) is 14.9. The first kappa shape index (κ1) is 16.8. The average Bonchev–Trinajstić information content (AvgIpc) is 2.63. The molecule has 1 atom stereocenters. The standard InChI is InChI=1S/C21H21FN2O2/c1-12(23)20-16-8-3-5-13-9-10-17(26-2)19(18(13)16)21(25)24(20)15-7-4-6-14(22)11-15/h4,6-7,9-12H,3,5,8,23H2,1-2H3. The summed E-state index contributed by atoms with van der Waals surface area (Å²) in [5.41, 5.74) is 9.52. The zero-order valence-corrected chi connectivity index (χ0v) is 14.9. The maximum Gasteiger partial charge on any atom is 0.267 e. The van der Waals surface area contributed by atoms with Gasteiger partial charge in [0.1, 0.15) is 11.6 Å². The molecule has 1 aromatic heterocycles. The topological polar surface area (TPSA) is 57.2 Å². The van der Waals surface area contributed by atoms with E-state index in [1.54, 1.807) is 23.8 Å². The summed E-state index contributed by atoms with van der Waals surface area (Å²) in [6.07, 6.45) is 2.76. The summed E-state index contributed by atoms with van der Waals surface area (Å²) in [7, 11) is 1.56. The van der Waals surface area contributed by atoms with E-state index in [0.717, 1.165) is 41.5 Å². The molecule has 26 heavy (non-hydrogen) atoms. The highest BCUT2D eigenvalue weighted by atomic mass is 19.1. The zero-order chi connectivity index (χ0) is 18.4. The highest BCUT2D eigenvalue weighted by Gasteiger charge is 2.26. The van der Waals surface area contributed by atoms with Crippen molar-refractivity contribution in [1.29, 1.82) is 0 Å². The van der Waals surface area contributed by atoms with E-state index in [1.165, 1.54) is 12.1 Å². The van der Waals surface area contributed by atoms with Crippen LogP contribution in [0.4, 0.5) is 4.39 Å². The number of ether oxygens (including phenoxy) is 1. The second-order valence-corrected chi connectivity index (χ2v) is 6.80. The fraction of sp³-hybridized carbons (Fsp3) is 0.286. The predicted octanol–water partition coefficient (Wildman–Crippen LogP) is 3.65. The van der Waals surface area contributed by atoms with E-state index in [-0.39, 0.29) is 17.4 Å². The maximum absolute atomic E-state index is 13.9. The summed E-state index contributed by atoms with van der Waals surface area (Å²) in [5, 5.41) is 1.51. The Morgan fingerprint density at radius 2 is 2.00 bits per heavy atom. The number of rotatable bonds is 3. The van der Waals surface area contributed by atoms with E-state index in [9.17, 15) is 9.18 Å². The number of aromatic nitrogens is 1. The van der Waals surface area contributed by atoms with Gasteiger partial charge in [0, 0.05) is 11.7 Å². The van der Waals surface area contributed by atoms with Crippen LogP contribution < -0.4 is 16.0 Å². The molecule has 2 aromatic carbocycles. The fourth-order valence-corrected chi connectivity index (χ4v) is 4.11. The molecule has 0 spiro atoms. The second-order valence-electron chi connectivity index (χ2n) is 6.80. The largest absolute Gasteiger partial charge is 0.496 e. The molecule has 134 valence electrons. The minimum atomic E-state index is -0.389. The smallest absolute Gasteiger partial charge is 0.267 e. The summed E-state index contributed by atoms with van der Waals surface area (Å²) in [6.45, 7) is 1.86. The Labute approximate surface area is 151 Å². The van der Waals surface area contributed by atoms with Crippen LogP contribution >= 0.6 is 0 Å². The lowest BCUT2D eigenvalue weighted by Crippen LogP contribution is -2.29. The first-order valence-corrected chi connectivity index (χ1v) is 8.81. The van der Waals surface area contributed by atoms with Gasteiger partial charge in [0.2, 0.25) is 0 Å². The molecular weight excluding hydrogens is 331 g/mol. The molecule has 3 aromatic rings. The third kappa shape index (κ3) is 2.42. The molecule has 1 heterocycles. The second kappa shape index (κ2) is 6.25. The quantitative estimate of drug-likeness (QED) is 0.783. The summed E-state index contributed by atoms with van der Waals surface area (Å²) in [6, 6.07) is 9.58. The lowest BCUT2D eigenvalue weighted by atomic mass is 9.86. The van der Waals surface area contributed by atoms with Crippen molar-refractivity contribution in [2.45, 2.75) is 32.2 Å². The number of benzene rings is 2. The number of hydrogen-bond acceptors (Lipinski definition) is 3. The molecule has 1 aliphatic rings. The van der Waals surface area contributed by atoms with Crippen LogP contribution in [0.2, 0.25) is 0 Å². The van der Waals surface area contributed by atoms with Crippen molar-refractivity contribution < 1.29 is 9.13 Å². The highest BCUT2D eigenvalue weighted by Crippen LogP contribution is 2.37. The van der Waals surface area contributed by atoms with Gasteiger partial charge in [-0.15, -0.1) is 0 Å². The molecular formula is C21H21FN2O2. The minimum Gasteiger partial charge on any atom is -0.496 e. The SMILES string of the molecule is COc1ccc2c3c(c(C(C)N)n(-c4cccc(F)c4)c(=O)c13)CCC2. The molecule has 0 fully saturated rings. The molecule has 2 N–H and O–H groups in total. The van der Waals surface area contributed by atoms with Gasteiger partial charge in [-0.25, -0.2) is 4.39 Å². The van der Waals surface area contributed by atoms with Gasteiger partial charge in [0.15, 0.2) is 0 Å². The van der Waals surface area contributed by atoms with Crippen molar-refractivity contribution in [1.82, 2.24) is 4.57 Å². The Hall–Kier alpha value is -2.66. The molecule has 0 bridgehead atoms. The van der Waals surface area contributed by atoms with Crippen molar-refractivity contribution in [2.24, 2.45) is 5.73 Å². The molecule has 4 nitrogen and oxygen atoms in total. The summed E-state index contributed by atoms with van der Waals surface area (Å²) in [4.78, 5) is 13.5. The Morgan fingerprint density at radius 3 is 2.69 bits per heavy atom. The Morgan fingerprint density at radius 1 is 1.19 bits per heavy atom. The summed E-state index contributed by atoms with van der Waals surface area (Å²) in [5.74, 6) is 0.151. The van der Waals surface area contributed by atoms with Gasteiger partial charge in [0.25, 0.3) is 5.56 Å². The van der Waals surface area contributed by atoms with Crippen molar-refractivity contribution >= 4 is 10.8 Å². The number of aryl methyl sites for hydroxylation is 2. The predicted molar refractivity (Wildman–Crippen MR) is 101 cm³/mol. The fourth-order valence-electron chi connectivity index (χ4n) is 4.11. The van der Waals surface area contributed by atoms with E-state index in [2.05, 4.69) is 0 Å². The summed E-state index contributed by atoms with van der Waals surface area (Å²) < 4.78 is 20.9. The van der Waals surface area contributed by atoms with Gasteiger partial charge in [-0.1, -0.05) is 12.1 Å². The molecule has 5 heteroatoms. The van der Waals surface area contributed by atoms with Crippen LogP contribution in [0, 0.1) is 5.82 Å². The van der Waals surface area contributed by atoms with Crippen molar-refractivity contribution in [2.75, 3.05) is 7.11 Å². The molecule has 0 saturated carbocycles. The molecule has 1 unspecified atom stereocenters. The Bertz CT molecular complexity index is 1070. The lowest BCUT2D eigenvalue weighted by Gasteiger charge is -2.26. The molecule has 1 aliphatic carbocycles. The number of methoxy groups -OCH3 is 1. The molecule has 0 radical (unpaired) electrons. The third-order valence-electron chi connectivity index (χ3n) is 5.11. The van der Waals surface area contributed by atoms with Crippen molar-refractivity contribution in [3.05, 3.63) is 69.4 Å². The molecule has 0 aliphatic heterocycles. The van der Waals surface area contributed by atoms with Gasteiger partial charge in [-0.05, 0) is 67.0 Å². The first-order chi connectivity index (χ1) is 12.5. The van der Waals surface area contributed by atoms with E-state index < -0.39 is 0 Å². The maximum atomic E-state index is 13.9. The van der Waals surface area contributed by atoms with Gasteiger partial charge >= 0.3 is 0 Å². The molecule has 4 rings (SSSR count). The Kier molecular flexibility index (Phi) is 4.04. The van der Waals surface area contributed by atoms with Crippen molar-refractivity contribution in [3.8, 4) is 11.4 Å². The molecule has 0 amide bonds. The van der Waals surface area contributed by atoms with Crippen LogP contribution in [0.3, 0.4) is 0 Å². The van der Waals surface area contributed by atoms with E-state index in [1.807, 2.05) is 19.1 Å². The van der Waals surface area contributed by atoms with E-state index in [4.69, 9.17) is 10.5 Å². The Balaban J connectivity index is 2.24. The number of pyridine rings is 1. The highest BCUT2D eigenvalue weighted by molar-refractivity contribution is 5.94. The van der Waals surface area contributed by atoms with E-state index in [0.29, 0.717) is 16.8 Å². The normalized spacial score (nSPS) is 14.5. The third-order valence-corrected chi connectivity index (χ3v) is 5.11. The monoisotopic (exact) mass is 352 g/mol. The average molecular weight is 352 g/mol. The number of nitrogens with zero attached hydrogens (tertiary/aromatic N) is 1. The van der Waals surface area contributed by atoms with Crippen LogP contribution in [0.25, 0.3) is 16.5 Å². The number of nitrogens with two attached hydrogens (primary N) is 1. The number of halogens is 1. The van der Waals surface area contributed by atoms with Crippen LogP contribution in [-0.2, 0) is 12.8 Å². The summed E-state index contributed by atoms with van der Waals surface area (Å²) >= 11 is 0.